The van der Waals surface area contributed by atoms with Crippen LogP contribution in [0, 0.1) is 0 Å². The molecule has 8 rings (SSSR count). The van der Waals surface area contributed by atoms with Gasteiger partial charge < -0.3 is 124 Å². The van der Waals surface area contributed by atoms with E-state index in [4.69, 9.17) is 56.5 Å². The van der Waals surface area contributed by atoms with Crippen molar-refractivity contribution in [1.82, 2.24) is 0 Å². The van der Waals surface area contributed by atoms with Crippen LogP contribution in [0.4, 0.5) is 0 Å². The zero-order chi connectivity index (χ0) is 60.1. The summed E-state index contributed by atoms with van der Waals surface area (Å²) in [6.07, 6.45) is -24.5. The Balaban J connectivity index is 1.19. The van der Waals surface area contributed by atoms with Gasteiger partial charge in [-0.15, -0.1) is 0 Å². The Bertz CT molecular complexity index is 3130. The lowest BCUT2D eigenvalue weighted by atomic mass is 9.89. The van der Waals surface area contributed by atoms with Gasteiger partial charge in [-0.3, -0.25) is 0 Å². The zero-order valence-electron chi connectivity index (χ0n) is 44.3. The fraction of sp³-hybridized carbons (Fsp3) is 0.400. The highest BCUT2D eigenvalue weighted by atomic mass is 16.8. The first-order valence-corrected chi connectivity index (χ1v) is 25.2. The van der Waals surface area contributed by atoms with Crippen LogP contribution in [-0.2, 0) is 38.0 Å². The Morgan fingerprint density at radius 1 is 0.554 bits per heavy atom. The van der Waals surface area contributed by atoms with Gasteiger partial charge in [-0.2, -0.15) is 0 Å². The standard InChI is InChI=1S/C55H60O28/c1-72-31-11-22(12-32(73-2)41(31)63)5-9-39(61)76-21-38-45(67)48(70)53(83-55-52(47(69)44(66)37(20-57)80-55)82-40(62)10-6-23-13-33(74-3)42(64)34(14-23)75-4)54(81-38)79-35-18-26-27(51-49(71)46(68)43(65)36(19-56)78-51)16-25(58)17-30(26)77-50(35)24-7-8-28(59)29(60)15-24/h5-18,36-38,43-49,51-57,65-71H,19-21H2,1-4H3,(H4-,58,59,60,61,62,63,64)/p+1/t36-,37-,38-,43-,44-,45-,46+,47+,48+,49-,51+,52-,53-,54-,55+/m1/s1. The molecule has 3 fully saturated rings. The van der Waals surface area contributed by atoms with Gasteiger partial charge in [-0.05, 0) is 65.7 Å². The quantitative estimate of drug-likeness (QED) is 0.0224. The highest BCUT2D eigenvalue weighted by Gasteiger charge is 2.54. The summed E-state index contributed by atoms with van der Waals surface area (Å²) in [7, 11) is 5.13. The molecule has 0 amide bonds. The van der Waals surface area contributed by atoms with Crippen LogP contribution in [0.25, 0.3) is 34.4 Å². The Morgan fingerprint density at radius 2 is 1.08 bits per heavy atom. The molecule has 3 aliphatic heterocycles. The van der Waals surface area contributed by atoms with E-state index in [1.165, 1.54) is 77.0 Å². The molecule has 4 aromatic carbocycles. The van der Waals surface area contributed by atoms with Crippen molar-refractivity contribution in [1.29, 1.82) is 0 Å². The van der Waals surface area contributed by atoms with Crippen LogP contribution in [0.2, 0.25) is 0 Å². The van der Waals surface area contributed by atoms with Crippen molar-refractivity contribution in [3.63, 3.8) is 0 Å². The van der Waals surface area contributed by atoms with Gasteiger partial charge in [0.15, 0.2) is 53.0 Å². The molecule has 83 heavy (non-hydrogen) atoms. The van der Waals surface area contributed by atoms with Crippen LogP contribution in [0.5, 0.6) is 57.5 Å². The van der Waals surface area contributed by atoms with Crippen molar-refractivity contribution in [3.8, 4) is 68.8 Å². The summed E-state index contributed by atoms with van der Waals surface area (Å²) in [5.74, 6) is -5.52. The Kier molecular flexibility index (Phi) is 19.3. The highest BCUT2D eigenvalue weighted by molar-refractivity contribution is 5.89. The molecule has 0 radical (unpaired) electrons. The summed E-state index contributed by atoms with van der Waals surface area (Å²) in [6.45, 7) is -2.66. The first-order valence-electron chi connectivity index (χ1n) is 25.2. The second kappa shape index (κ2) is 26.2. The summed E-state index contributed by atoms with van der Waals surface area (Å²) in [5, 5.41) is 152. The third-order valence-corrected chi connectivity index (χ3v) is 13.8. The minimum Gasteiger partial charge on any atom is -0.508 e. The molecule has 0 aliphatic carbocycles. The second-order valence-corrected chi connectivity index (χ2v) is 19.0. The van der Waals surface area contributed by atoms with E-state index in [-0.39, 0.29) is 67.9 Å². The molecule has 14 N–H and O–H groups in total. The topological polar surface area (TPSA) is 430 Å². The lowest BCUT2D eigenvalue weighted by Crippen LogP contribution is -2.65. The number of hydrogen-bond acceptors (Lipinski definition) is 27. The van der Waals surface area contributed by atoms with Gasteiger partial charge in [0.05, 0.1) is 58.7 Å². The minimum absolute atomic E-state index is 0.00613. The van der Waals surface area contributed by atoms with Crippen LogP contribution in [0.1, 0.15) is 22.8 Å². The number of ether oxygens (including phenoxy) is 11. The normalized spacial score (nSPS) is 28.2. The molecule has 448 valence electrons. The third-order valence-electron chi connectivity index (χ3n) is 13.8. The first kappa shape index (κ1) is 61.3. The van der Waals surface area contributed by atoms with Crippen molar-refractivity contribution in [2.75, 3.05) is 48.3 Å². The van der Waals surface area contributed by atoms with Crippen molar-refractivity contribution in [3.05, 3.63) is 89.5 Å². The highest BCUT2D eigenvalue weighted by Crippen LogP contribution is 2.45. The van der Waals surface area contributed by atoms with E-state index in [0.29, 0.717) is 5.56 Å². The number of aromatic hydroxyl groups is 5. The SMILES string of the molecule is COc1cc(C=CC(=O)OC[C@H]2O[C@@H](Oc3cc4c([C@@H]5O[C@H](CO)[C@@H](O)[C@H](O)[C@H]5O)cc(O)cc4[o+]c3-c3ccc(O)c(O)c3)[C@H](O[C@@H]3O[C@H](CO)[C@@H](O)[C@H](O)[C@H]3OC(=O)C=Cc3cc(OC)c(O)c(OC)c3)[C@@H](O)[C@@H]2O)cc(OC)c1O. The molecule has 0 bridgehead atoms. The third kappa shape index (κ3) is 13.0. The molecule has 0 unspecified atom stereocenters. The van der Waals surface area contributed by atoms with E-state index in [9.17, 15) is 81.1 Å². The van der Waals surface area contributed by atoms with Gasteiger partial charge in [0.1, 0.15) is 79.5 Å². The van der Waals surface area contributed by atoms with Crippen LogP contribution in [0.15, 0.2) is 77.2 Å². The number of esters is 2. The van der Waals surface area contributed by atoms with Crippen molar-refractivity contribution in [2.45, 2.75) is 91.9 Å². The molecule has 5 aromatic rings. The largest absolute Gasteiger partial charge is 0.508 e. The van der Waals surface area contributed by atoms with Crippen molar-refractivity contribution in [2.24, 2.45) is 0 Å². The number of phenols is 5. The van der Waals surface area contributed by atoms with Crippen LogP contribution < -0.4 is 23.7 Å². The van der Waals surface area contributed by atoms with Gasteiger partial charge in [0, 0.05) is 29.8 Å². The predicted octanol–water partition coefficient (Wildman–Crippen LogP) is -0.0103. The van der Waals surface area contributed by atoms with Crippen LogP contribution in [0.3, 0.4) is 0 Å². The summed E-state index contributed by atoms with van der Waals surface area (Å²) >= 11 is 0. The molecule has 3 saturated heterocycles. The maximum absolute atomic E-state index is 13.6. The maximum Gasteiger partial charge on any atom is 0.402 e. The average molecular weight is 1170 g/mol. The van der Waals surface area contributed by atoms with E-state index in [2.05, 4.69) is 0 Å². The number of rotatable bonds is 19. The number of fused-ring (bicyclic) bond motifs is 1. The number of hydrogen-bond donors (Lipinski definition) is 14. The lowest BCUT2D eigenvalue weighted by molar-refractivity contribution is -0.358. The Morgan fingerprint density at radius 3 is 1.65 bits per heavy atom. The summed E-state index contributed by atoms with van der Waals surface area (Å²) < 4.78 is 68.6. The van der Waals surface area contributed by atoms with Gasteiger partial charge in [-0.1, -0.05) is 0 Å². The van der Waals surface area contributed by atoms with Gasteiger partial charge >= 0.3 is 23.3 Å². The van der Waals surface area contributed by atoms with Crippen LogP contribution in [-0.4, -0.2) is 218 Å². The van der Waals surface area contributed by atoms with Crippen molar-refractivity contribution >= 4 is 35.1 Å². The number of carbonyl (C=O) groups excluding carboxylic acids is 2. The lowest BCUT2D eigenvalue weighted by Gasteiger charge is -2.46. The molecule has 28 nitrogen and oxygen atoms in total. The number of methoxy groups -OCH3 is 4. The molecule has 3 aliphatic rings. The van der Waals surface area contributed by atoms with E-state index in [1.54, 1.807) is 0 Å². The number of phenolic OH excluding ortho intramolecular Hbond substituents is 5. The van der Waals surface area contributed by atoms with E-state index >= 15 is 0 Å². The molecule has 0 saturated carbocycles. The number of aliphatic hydroxyl groups excluding tert-OH is 9. The average Bonchev–Trinajstić information content (AvgIpc) is 2.73. The monoisotopic (exact) mass is 1170 g/mol. The Labute approximate surface area is 470 Å². The Hall–Kier alpha value is -7.81. The zero-order valence-corrected chi connectivity index (χ0v) is 44.3. The molecular weight excluding hydrogens is 1110 g/mol. The molecule has 1 aromatic heterocycles. The first-order chi connectivity index (χ1) is 39.6. The number of aliphatic hydroxyl groups is 9. The molecule has 0 spiro atoms. The van der Waals surface area contributed by atoms with E-state index in [0.717, 1.165) is 36.4 Å². The van der Waals surface area contributed by atoms with Crippen molar-refractivity contribution < 1.29 is 138 Å². The number of benzene rings is 4. The predicted molar refractivity (Wildman–Crippen MR) is 279 cm³/mol. The molecule has 15 atom stereocenters. The maximum atomic E-state index is 13.6. The van der Waals surface area contributed by atoms with Gasteiger partial charge in [0.2, 0.25) is 23.5 Å². The molecule has 4 heterocycles. The summed E-state index contributed by atoms with van der Waals surface area (Å²) in [5.41, 5.74) is 0.142. The second-order valence-electron chi connectivity index (χ2n) is 19.0. The van der Waals surface area contributed by atoms with E-state index in [1.807, 2.05) is 0 Å². The molecular formula is C55H61O28+. The minimum atomic E-state index is -2.22. The van der Waals surface area contributed by atoms with E-state index < -0.39 is 147 Å². The summed E-state index contributed by atoms with van der Waals surface area (Å²) in [4.78, 5) is 26.8. The smallest absolute Gasteiger partial charge is 0.402 e. The fourth-order valence-electron chi connectivity index (χ4n) is 9.36. The summed E-state index contributed by atoms with van der Waals surface area (Å²) in [6, 6.07) is 12.2. The fourth-order valence-corrected chi connectivity index (χ4v) is 9.36. The number of carbonyl (C=O) groups is 2. The van der Waals surface area contributed by atoms with Crippen LogP contribution >= 0.6 is 0 Å². The van der Waals surface area contributed by atoms with Gasteiger partial charge in [0.25, 0.3) is 0 Å². The van der Waals surface area contributed by atoms with Gasteiger partial charge in [-0.25, -0.2) is 14.0 Å². The molecule has 28 heteroatoms.